The molecule has 2 rings (SSSR count). The lowest BCUT2D eigenvalue weighted by Gasteiger charge is -2.16. The Bertz CT molecular complexity index is 627. The maximum atomic E-state index is 11.6. The normalized spacial score (nSPS) is 11.9. The zero-order valence-electron chi connectivity index (χ0n) is 10.6. The number of rotatable bonds is 4. The van der Waals surface area contributed by atoms with Crippen LogP contribution in [-0.2, 0) is 0 Å². The van der Waals surface area contributed by atoms with Crippen molar-refractivity contribution in [3.05, 3.63) is 51.0 Å². The molecule has 0 aliphatic rings. The van der Waals surface area contributed by atoms with Gasteiger partial charge in [-0.1, -0.05) is 28.1 Å². The Morgan fingerprint density at radius 3 is 2.95 bits per heavy atom. The molecule has 0 saturated heterocycles. The predicted molar refractivity (Wildman–Crippen MR) is 77.6 cm³/mol. The van der Waals surface area contributed by atoms with Crippen molar-refractivity contribution in [1.29, 1.82) is 0 Å². The molecule has 0 radical (unpaired) electrons. The van der Waals surface area contributed by atoms with E-state index >= 15 is 0 Å². The van der Waals surface area contributed by atoms with E-state index in [4.69, 9.17) is 4.74 Å². The van der Waals surface area contributed by atoms with Gasteiger partial charge in [-0.15, -0.1) is 0 Å². The highest BCUT2D eigenvalue weighted by Crippen LogP contribution is 2.24. The third-order valence-electron chi connectivity index (χ3n) is 2.72. The van der Waals surface area contributed by atoms with Crippen LogP contribution in [-0.4, -0.2) is 17.1 Å². The number of hydrogen-bond acceptors (Lipinski definition) is 4. The van der Waals surface area contributed by atoms with Crippen LogP contribution in [0.25, 0.3) is 0 Å². The van der Waals surface area contributed by atoms with Crippen molar-refractivity contribution in [2.24, 2.45) is 0 Å². The minimum absolute atomic E-state index is 0.000648. The smallest absolute Gasteiger partial charge is 0.295 e. The molecule has 2 aromatic rings. The van der Waals surface area contributed by atoms with Crippen molar-refractivity contribution in [3.63, 3.8) is 0 Å². The van der Waals surface area contributed by atoms with Gasteiger partial charge in [-0.05, 0) is 24.6 Å². The summed E-state index contributed by atoms with van der Waals surface area (Å²) in [5.41, 5.74) is 0.778. The van der Waals surface area contributed by atoms with Gasteiger partial charge in [-0.3, -0.25) is 4.79 Å². The first-order valence-electron chi connectivity index (χ1n) is 5.75. The molecule has 1 aromatic heterocycles. The van der Waals surface area contributed by atoms with Gasteiger partial charge in [0.1, 0.15) is 0 Å². The number of aromatic amines is 1. The predicted octanol–water partition coefficient (Wildman–Crippen LogP) is 2.71. The van der Waals surface area contributed by atoms with Crippen molar-refractivity contribution < 1.29 is 4.74 Å². The molecule has 1 aromatic carbocycles. The number of ether oxygens (including phenoxy) is 1. The van der Waals surface area contributed by atoms with Crippen LogP contribution in [0.15, 0.2) is 39.9 Å². The highest BCUT2D eigenvalue weighted by atomic mass is 79.9. The van der Waals surface area contributed by atoms with Crippen LogP contribution in [0, 0.1) is 0 Å². The van der Waals surface area contributed by atoms with E-state index in [1.807, 2.05) is 31.2 Å². The summed E-state index contributed by atoms with van der Waals surface area (Å²) in [6, 6.07) is 7.93. The first-order chi connectivity index (χ1) is 9.11. The summed E-state index contributed by atoms with van der Waals surface area (Å²) in [4.78, 5) is 18.1. The summed E-state index contributed by atoms with van der Waals surface area (Å²) in [6.07, 6.45) is 1.35. The molecule has 0 aliphatic heterocycles. The first-order valence-corrected chi connectivity index (χ1v) is 6.55. The highest BCUT2D eigenvalue weighted by molar-refractivity contribution is 9.10. The van der Waals surface area contributed by atoms with Gasteiger partial charge in [0.15, 0.2) is 5.82 Å². The fourth-order valence-electron chi connectivity index (χ4n) is 1.74. The monoisotopic (exact) mass is 323 g/mol. The Labute approximate surface area is 119 Å². The van der Waals surface area contributed by atoms with Crippen LogP contribution in [0.5, 0.6) is 5.75 Å². The zero-order chi connectivity index (χ0) is 13.8. The first kappa shape index (κ1) is 13.6. The zero-order valence-corrected chi connectivity index (χ0v) is 12.2. The molecule has 0 spiro atoms. The Morgan fingerprint density at radius 2 is 2.26 bits per heavy atom. The number of H-pyrrole nitrogens is 1. The minimum atomic E-state index is -0.304. The molecule has 1 unspecified atom stereocenters. The Morgan fingerprint density at radius 1 is 1.47 bits per heavy atom. The summed E-state index contributed by atoms with van der Waals surface area (Å²) in [7, 11) is 1.45. The van der Waals surface area contributed by atoms with Gasteiger partial charge >= 0.3 is 0 Å². The van der Waals surface area contributed by atoms with E-state index < -0.39 is 0 Å². The van der Waals surface area contributed by atoms with Crippen LogP contribution >= 0.6 is 15.9 Å². The van der Waals surface area contributed by atoms with Crippen molar-refractivity contribution in [3.8, 4) is 5.75 Å². The molecule has 0 aliphatic carbocycles. The summed E-state index contributed by atoms with van der Waals surface area (Å²) >= 11 is 3.43. The lowest BCUT2D eigenvalue weighted by Crippen LogP contribution is -2.16. The van der Waals surface area contributed by atoms with Crippen molar-refractivity contribution >= 4 is 21.7 Å². The molecule has 1 atom stereocenters. The third kappa shape index (κ3) is 3.14. The van der Waals surface area contributed by atoms with Gasteiger partial charge in [-0.25, -0.2) is 4.98 Å². The highest BCUT2D eigenvalue weighted by Gasteiger charge is 2.12. The van der Waals surface area contributed by atoms with Gasteiger partial charge < -0.3 is 15.0 Å². The topological polar surface area (TPSA) is 67.0 Å². The second kappa shape index (κ2) is 5.88. The van der Waals surface area contributed by atoms with Gasteiger partial charge in [0.2, 0.25) is 5.75 Å². The van der Waals surface area contributed by atoms with E-state index in [-0.39, 0.29) is 17.4 Å². The largest absolute Gasteiger partial charge is 0.489 e. The van der Waals surface area contributed by atoms with Crippen LogP contribution < -0.4 is 15.6 Å². The molecule has 0 fully saturated rings. The van der Waals surface area contributed by atoms with E-state index in [2.05, 4.69) is 31.2 Å². The lowest BCUT2D eigenvalue weighted by atomic mass is 10.1. The standard InChI is InChI=1S/C13H14BrN3O2/c1-8(9-4-3-5-10(14)6-9)17-12-11(19-2)13(18)16-7-15-12/h3-8H,1-2H3,(H2,15,16,17,18). The number of nitrogens with one attached hydrogen (secondary N) is 2. The SMILES string of the molecule is COc1c(NC(C)c2cccc(Br)c2)nc[nH]c1=O. The average molecular weight is 324 g/mol. The third-order valence-corrected chi connectivity index (χ3v) is 3.21. The van der Waals surface area contributed by atoms with Crippen molar-refractivity contribution in [2.45, 2.75) is 13.0 Å². The van der Waals surface area contributed by atoms with Gasteiger partial charge in [0.25, 0.3) is 5.56 Å². The van der Waals surface area contributed by atoms with Crippen molar-refractivity contribution in [1.82, 2.24) is 9.97 Å². The van der Waals surface area contributed by atoms with Crippen LogP contribution in [0.4, 0.5) is 5.82 Å². The number of methoxy groups -OCH3 is 1. The molecular weight excluding hydrogens is 310 g/mol. The van der Waals surface area contributed by atoms with E-state index in [1.165, 1.54) is 13.4 Å². The number of halogens is 1. The van der Waals surface area contributed by atoms with Gasteiger partial charge in [-0.2, -0.15) is 0 Å². The van der Waals surface area contributed by atoms with Crippen LogP contribution in [0.1, 0.15) is 18.5 Å². The van der Waals surface area contributed by atoms with Crippen molar-refractivity contribution in [2.75, 3.05) is 12.4 Å². The number of hydrogen-bond donors (Lipinski definition) is 2. The quantitative estimate of drug-likeness (QED) is 0.907. The fourth-order valence-corrected chi connectivity index (χ4v) is 2.16. The summed E-state index contributed by atoms with van der Waals surface area (Å²) in [5.74, 6) is 0.614. The fraction of sp³-hybridized carbons (Fsp3) is 0.231. The molecule has 0 saturated carbocycles. The maximum Gasteiger partial charge on any atom is 0.295 e. The minimum Gasteiger partial charge on any atom is -0.489 e. The molecular formula is C13H14BrN3O2. The van der Waals surface area contributed by atoms with Gasteiger partial charge in [0.05, 0.1) is 19.5 Å². The number of benzene rings is 1. The van der Waals surface area contributed by atoms with E-state index in [1.54, 1.807) is 0 Å². The summed E-state index contributed by atoms with van der Waals surface area (Å²) in [5, 5.41) is 3.17. The lowest BCUT2D eigenvalue weighted by molar-refractivity contribution is 0.407. The number of nitrogens with zero attached hydrogens (tertiary/aromatic N) is 1. The van der Waals surface area contributed by atoms with Gasteiger partial charge in [0, 0.05) is 4.47 Å². The Balaban J connectivity index is 2.26. The van der Waals surface area contributed by atoms with E-state index in [0.717, 1.165) is 10.0 Å². The molecule has 5 nitrogen and oxygen atoms in total. The van der Waals surface area contributed by atoms with E-state index in [0.29, 0.717) is 5.82 Å². The molecule has 19 heavy (non-hydrogen) atoms. The van der Waals surface area contributed by atoms with Crippen LogP contribution in [0.2, 0.25) is 0 Å². The molecule has 2 N–H and O–H groups in total. The van der Waals surface area contributed by atoms with Crippen LogP contribution in [0.3, 0.4) is 0 Å². The summed E-state index contributed by atoms with van der Waals surface area (Å²) < 4.78 is 6.06. The number of aromatic nitrogens is 2. The molecule has 1 heterocycles. The Hall–Kier alpha value is -1.82. The Kier molecular flexibility index (Phi) is 4.21. The summed E-state index contributed by atoms with van der Waals surface area (Å²) in [6.45, 7) is 1.99. The second-order valence-corrected chi connectivity index (χ2v) is 4.95. The van der Waals surface area contributed by atoms with E-state index in [9.17, 15) is 4.79 Å². The number of anilines is 1. The molecule has 100 valence electrons. The second-order valence-electron chi connectivity index (χ2n) is 4.03. The molecule has 0 bridgehead atoms. The molecule has 0 amide bonds. The molecule has 6 heteroatoms. The average Bonchev–Trinajstić information content (AvgIpc) is 2.39. The maximum absolute atomic E-state index is 11.6.